The van der Waals surface area contributed by atoms with E-state index in [2.05, 4.69) is 25.4 Å². The number of hydrogen-bond acceptors (Lipinski definition) is 5. The largest absolute Gasteiger partial charge is 0.377 e. The number of guanidine groups is 1. The summed E-state index contributed by atoms with van der Waals surface area (Å²) in [4.78, 5) is 4.47. The first-order valence-electron chi connectivity index (χ1n) is 10.2. The molecule has 1 aliphatic heterocycles. The number of aromatic nitrogens is 2. The fraction of sp³-hybridized carbons (Fsp3) is 0.500. The van der Waals surface area contributed by atoms with Crippen LogP contribution in [0.2, 0.25) is 0 Å². The Balaban J connectivity index is 0.00000341. The van der Waals surface area contributed by atoms with Gasteiger partial charge in [0.25, 0.3) is 0 Å². The normalized spacial score (nSPS) is 16.7. The lowest BCUT2D eigenvalue weighted by molar-refractivity contribution is 0.114. The smallest absolute Gasteiger partial charge is 0.240 e. The molecule has 0 amide bonds. The Morgan fingerprint density at radius 1 is 1.29 bits per heavy atom. The highest BCUT2D eigenvalue weighted by Crippen LogP contribution is 2.14. The zero-order valence-electron chi connectivity index (χ0n) is 17.7. The van der Waals surface area contributed by atoms with E-state index in [9.17, 15) is 8.42 Å². The monoisotopic (exact) mass is 562 g/mol. The van der Waals surface area contributed by atoms with Crippen LogP contribution in [0.4, 0.5) is 0 Å². The molecule has 0 spiro atoms. The van der Waals surface area contributed by atoms with E-state index < -0.39 is 10.0 Å². The summed E-state index contributed by atoms with van der Waals surface area (Å²) in [5, 5.41) is 10.7. The van der Waals surface area contributed by atoms with E-state index >= 15 is 0 Å². The molecule has 3 rings (SSSR count). The molecule has 172 valence electrons. The second-order valence-corrected chi connectivity index (χ2v) is 8.87. The van der Waals surface area contributed by atoms with Gasteiger partial charge in [-0.15, -0.1) is 24.0 Å². The lowest BCUT2D eigenvalue weighted by Gasteiger charge is -2.13. The van der Waals surface area contributed by atoms with Crippen LogP contribution < -0.4 is 15.4 Å². The minimum absolute atomic E-state index is 0. The molecule has 0 aliphatic carbocycles. The van der Waals surface area contributed by atoms with Crippen molar-refractivity contribution >= 4 is 40.0 Å². The molecule has 2 aromatic rings. The van der Waals surface area contributed by atoms with Crippen LogP contribution in [0.25, 0.3) is 0 Å². The van der Waals surface area contributed by atoms with Crippen LogP contribution in [0.3, 0.4) is 0 Å². The molecule has 1 aromatic heterocycles. The first kappa shape index (κ1) is 25.6. The SMILES string of the molecule is CN=C(NCCCn1cccn1)NCc1ccc(S(=O)(=O)NCC2CCCO2)cc1.I. The quantitative estimate of drug-likeness (QED) is 0.176. The van der Waals surface area contributed by atoms with Gasteiger partial charge in [0.1, 0.15) is 0 Å². The molecule has 2 heterocycles. The summed E-state index contributed by atoms with van der Waals surface area (Å²) in [5.74, 6) is 0.699. The van der Waals surface area contributed by atoms with Crippen LogP contribution in [0.5, 0.6) is 0 Å². The summed E-state index contributed by atoms with van der Waals surface area (Å²) in [6.45, 7) is 3.17. The van der Waals surface area contributed by atoms with Crippen molar-refractivity contribution in [3.63, 3.8) is 0 Å². The van der Waals surface area contributed by atoms with Gasteiger partial charge in [0.2, 0.25) is 10.0 Å². The summed E-state index contributed by atoms with van der Waals surface area (Å²) in [6, 6.07) is 8.76. The van der Waals surface area contributed by atoms with Gasteiger partial charge in [-0.3, -0.25) is 9.67 Å². The number of sulfonamides is 1. The number of nitrogens with one attached hydrogen (secondary N) is 3. The summed E-state index contributed by atoms with van der Waals surface area (Å²) >= 11 is 0. The second kappa shape index (κ2) is 13.0. The van der Waals surface area contributed by atoms with Crippen molar-refractivity contribution in [2.75, 3.05) is 26.7 Å². The zero-order chi connectivity index (χ0) is 21.2. The van der Waals surface area contributed by atoms with Gasteiger partial charge < -0.3 is 15.4 Å². The Morgan fingerprint density at radius 3 is 2.74 bits per heavy atom. The molecule has 9 nitrogen and oxygen atoms in total. The van der Waals surface area contributed by atoms with Crippen LogP contribution in [0.15, 0.2) is 52.6 Å². The molecule has 1 aliphatic rings. The maximum Gasteiger partial charge on any atom is 0.240 e. The first-order chi connectivity index (χ1) is 14.6. The van der Waals surface area contributed by atoms with E-state index in [0.717, 1.165) is 37.9 Å². The molecular weight excluding hydrogens is 531 g/mol. The van der Waals surface area contributed by atoms with Crippen molar-refractivity contribution < 1.29 is 13.2 Å². The third kappa shape index (κ3) is 8.39. The third-order valence-corrected chi connectivity index (χ3v) is 6.30. The number of halogens is 1. The van der Waals surface area contributed by atoms with Crippen LogP contribution in [0, 0.1) is 0 Å². The molecule has 1 unspecified atom stereocenters. The summed E-state index contributed by atoms with van der Waals surface area (Å²) in [6.07, 6.45) is 6.48. The fourth-order valence-electron chi connectivity index (χ4n) is 3.16. The van der Waals surface area contributed by atoms with Crippen LogP contribution in [0.1, 0.15) is 24.8 Å². The highest BCUT2D eigenvalue weighted by atomic mass is 127. The zero-order valence-corrected chi connectivity index (χ0v) is 20.8. The Kier molecular flexibility index (Phi) is 10.7. The molecule has 1 atom stereocenters. The van der Waals surface area contributed by atoms with Gasteiger partial charge in [0.15, 0.2) is 5.96 Å². The predicted octanol–water partition coefficient (Wildman–Crippen LogP) is 1.71. The number of hydrogen-bond donors (Lipinski definition) is 3. The molecular formula is C20H31IN6O3S. The van der Waals surface area contributed by atoms with Crippen molar-refractivity contribution in [1.29, 1.82) is 0 Å². The van der Waals surface area contributed by atoms with Crippen molar-refractivity contribution in [2.24, 2.45) is 4.99 Å². The molecule has 1 aromatic carbocycles. The minimum atomic E-state index is -3.53. The predicted molar refractivity (Wildman–Crippen MR) is 131 cm³/mol. The minimum Gasteiger partial charge on any atom is -0.377 e. The van der Waals surface area contributed by atoms with Gasteiger partial charge in [-0.1, -0.05) is 12.1 Å². The van der Waals surface area contributed by atoms with E-state index in [1.54, 1.807) is 37.5 Å². The molecule has 0 saturated carbocycles. The maximum absolute atomic E-state index is 12.4. The standard InChI is InChI=1S/C20H30N6O3S.HI/c1-21-20(22-10-3-12-26-13-4-11-24-26)23-15-17-6-8-19(9-7-17)30(27,28)25-16-18-5-2-14-29-18;/h4,6-9,11,13,18,25H,2-3,5,10,12,14-16H2,1H3,(H2,21,22,23);1H. The molecule has 1 fully saturated rings. The van der Waals surface area contributed by atoms with Crippen LogP contribution in [-0.4, -0.2) is 57.0 Å². The van der Waals surface area contributed by atoms with Crippen LogP contribution in [-0.2, 0) is 27.8 Å². The lowest BCUT2D eigenvalue weighted by atomic mass is 10.2. The molecule has 31 heavy (non-hydrogen) atoms. The van der Waals surface area contributed by atoms with E-state index in [0.29, 0.717) is 25.7 Å². The summed E-state index contributed by atoms with van der Waals surface area (Å²) in [5.41, 5.74) is 0.965. The first-order valence-corrected chi connectivity index (χ1v) is 11.7. The lowest BCUT2D eigenvalue weighted by Crippen LogP contribution is -2.37. The fourth-order valence-corrected chi connectivity index (χ4v) is 4.23. The van der Waals surface area contributed by atoms with E-state index in [4.69, 9.17) is 4.74 Å². The number of ether oxygens (including phenoxy) is 1. The molecule has 11 heteroatoms. The van der Waals surface area contributed by atoms with Gasteiger partial charge in [0, 0.05) is 52.2 Å². The molecule has 3 N–H and O–H groups in total. The van der Waals surface area contributed by atoms with E-state index in [1.807, 2.05) is 16.9 Å². The summed E-state index contributed by atoms with van der Waals surface area (Å²) in [7, 11) is -1.81. The van der Waals surface area contributed by atoms with Gasteiger partial charge >= 0.3 is 0 Å². The third-order valence-electron chi connectivity index (χ3n) is 4.86. The Bertz CT molecular complexity index is 898. The number of nitrogens with zero attached hydrogens (tertiary/aromatic N) is 3. The number of rotatable bonds is 10. The van der Waals surface area contributed by atoms with Crippen molar-refractivity contribution in [3.8, 4) is 0 Å². The average molecular weight is 562 g/mol. The van der Waals surface area contributed by atoms with Gasteiger partial charge in [-0.25, -0.2) is 13.1 Å². The Hall–Kier alpha value is -1.70. The number of benzene rings is 1. The summed E-state index contributed by atoms with van der Waals surface area (Å²) < 4.78 is 34.8. The van der Waals surface area contributed by atoms with E-state index in [1.165, 1.54) is 0 Å². The van der Waals surface area contributed by atoms with Gasteiger partial charge in [0.05, 0.1) is 11.0 Å². The maximum atomic E-state index is 12.4. The topological polar surface area (TPSA) is 110 Å². The van der Waals surface area contributed by atoms with Gasteiger partial charge in [-0.2, -0.15) is 5.10 Å². The van der Waals surface area contributed by atoms with Crippen molar-refractivity contribution in [2.45, 2.75) is 43.4 Å². The Morgan fingerprint density at radius 2 is 2.10 bits per heavy atom. The average Bonchev–Trinajstić information content (AvgIpc) is 3.46. The number of aryl methyl sites for hydroxylation is 1. The highest BCUT2D eigenvalue weighted by molar-refractivity contribution is 14.0. The van der Waals surface area contributed by atoms with Crippen molar-refractivity contribution in [3.05, 3.63) is 48.3 Å². The Labute approximate surface area is 201 Å². The molecule has 0 bridgehead atoms. The second-order valence-electron chi connectivity index (χ2n) is 7.11. The highest BCUT2D eigenvalue weighted by Gasteiger charge is 2.20. The van der Waals surface area contributed by atoms with E-state index in [-0.39, 0.29) is 35.0 Å². The molecule has 0 radical (unpaired) electrons. The van der Waals surface area contributed by atoms with Crippen LogP contribution >= 0.6 is 24.0 Å². The van der Waals surface area contributed by atoms with Gasteiger partial charge in [-0.05, 0) is 43.0 Å². The molecule has 1 saturated heterocycles. The number of aliphatic imine (C=N–C) groups is 1. The van der Waals surface area contributed by atoms with Crippen molar-refractivity contribution in [1.82, 2.24) is 25.1 Å².